The molecule has 0 fully saturated rings. The Hall–Kier alpha value is -1.87. The number of pyridine rings is 1. The number of ether oxygens (including phenoxy) is 1. The topological polar surface area (TPSA) is 34.1 Å². The summed E-state index contributed by atoms with van der Waals surface area (Å²) >= 11 is 0. The van der Waals surface area contributed by atoms with Gasteiger partial charge in [0.15, 0.2) is 0 Å². The van der Waals surface area contributed by atoms with Gasteiger partial charge >= 0.3 is 0 Å². The van der Waals surface area contributed by atoms with Gasteiger partial charge < -0.3 is 10.1 Å². The zero-order valence-electron chi connectivity index (χ0n) is 13.5. The van der Waals surface area contributed by atoms with E-state index in [2.05, 4.69) is 50.1 Å². The Bertz CT molecular complexity index is 615. The van der Waals surface area contributed by atoms with Crippen LogP contribution in [-0.4, -0.2) is 12.0 Å². The molecule has 0 aliphatic carbocycles. The minimum absolute atomic E-state index is 0.147. The Morgan fingerprint density at radius 3 is 2.52 bits per heavy atom. The predicted octanol–water partition coefficient (Wildman–Crippen LogP) is 4.20. The average molecular weight is 284 g/mol. The van der Waals surface area contributed by atoms with Crippen molar-refractivity contribution >= 4 is 0 Å². The van der Waals surface area contributed by atoms with Gasteiger partial charge in [-0.3, -0.25) is 0 Å². The first-order valence-electron chi connectivity index (χ1n) is 7.29. The molecule has 1 aromatic carbocycles. The van der Waals surface area contributed by atoms with Gasteiger partial charge in [-0.1, -0.05) is 39.0 Å². The molecule has 21 heavy (non-hydrogen) atoms. The number of hydrogen-bond acceptors (Lipinski definition) is 3. The summed E-state index contributed by atoms with van der Waals surface area (Å²) in [6.07, 6.45) is 0. The second kappa shape index (κ2) is 6.27. The summed E-state index contributed by atoms with van der Waals surface area (Å²) in [5.74, 6) is 1.49. The molecule has 0 radical (unpaired) electrons. The minimum Gasteiger partial charge on any atom is -0.439 e. The number of nitrogens with zero attached hydrogens (tertiary/aromatic N) is 1. The van der Waals surface area contributed by atoms with Gasteiger partial charge in [-0.15, -0.1) is 0 Å². The van der Waals surface area contributed by atoms with Crippen LogP contribution in [0.4, 0.5) is 0 Å². The molecule has 0 unspecified atom stereocenters. The molecule has 0 atom stereocenters. The van der Waals surface area contributed by atoms with E-state index in [0.29, 0.717) is 5.88 Å². The highest BCUT2D eigenvalue weighted by Gasteiger charge is 2.15. The predicted molar refractivity (Wildman–Crippen MR) is 87.0 cm³/mol. The van der Waals surface area contributed by atoms with E-state index in [1.165, 1.54) is 5.56 Å². The number of rotatable bonds is 4. The number of hydrogen-bond donors (Lipinski definition) is 1. The lowest BCUT2D eigenvalue weighted by Gasteiger charge is -2.20. The van der Waals surface area contributed by atoms with Crippen LogP contribution in [0.1, 0.15) is 37.6 Å². The summed E-state index contributed by atoms with van der Waals surface area (Å²) in [5, 5.41) is 3.09. The molecule has 3 heteroatoms. The van der Waals surface area contributed by atoms with Gasteiger partial charge in [0.05, 0.1) is 5.69 Å². The van der Waals surface area contributed by atoms with Crippen molar-refractivity contribution in [3.05, 3.63) is 53.2 Å². The summed E-state index contributed by atoms with van der Waals surface area (Å²) in [6, 6.07) is 12.2. The molecule has 1 N–H and O–H groups in total. The van der Waals surface area contributed by atoms with Crippen molar-refractivity contribution in [1.29, 1.82) is 0 Å². The van der Waals surface area contributed by atoms with E-state index in [9.17, 15) is 0 Å². The van der Waals surface area contributed by atoms with Crippen molar-refractivity contribution in [3.63, 3.8) is 0 Å². The second-order valence-corrected chi connectivity index (χ2v) is 6.33. The SMILES string of the molecule is CNCc1cccc(Oc2ccc(C(C)(C)C)cc2C)n1. The third kappa shape index (κ3) is 4.05. The van der Waals surface area contributed by atoms with Gasteiger partial charge in [0.2, 0.25) is 5.88 Å². The normalized spacial score (nSPS) is 11.5. The number of benzene rings is 1. The number of aromatic nitrogens is 1. The van der Waals surface area contributed by atoms with E-state index in [0.717, 1.165) is 23.6 Å². The van der Waals surface area contributed by atoms with E-state index in [1.807, 2.05) is 31.3 Å². The Balaban J connectivity index is 2.22. The Morgan fingerprint density at radius 2 is 1.90 bits per heavy atom. The molecule has 0 bridgehead atoms. The lowest BCUT2D eigenvalue weighted by Crippen LogP contribution is -2.11. The molecule has 0 spiro atoms. The molecule has 3 nitrogen and oxygen atoms in total. The summed E-state index contributed by atoms with van der Waals surface area (Å²) in [7, 11) is 1.91. The molecule has 1 aromatic heterocycles. The Morgan fingerprint density at radius 1 is 1.14 bits per heavy atom. The molecular weight excluding hydrogens is 260 g/mol. The van der Waals surface area contributed by atoms with Crippen molar-refractivity contribution in [2.75, 3.05) is 7.05 Å². The van der Waals surface area contributed by atoms with Gasteiger partial charge in [0.1, 0.15) is 5.75 Å². The number of aryl methyl sites for hydroxylation is 1. The highest BCUT2D eigenvalue weighted by Crippen LogP contribution is 2.29. The monoisotopic (exact) mass is 284 g/mol. The summed E-state index contributed by atoms with van der Waals surface area (Å²) in [4.78, 5) is 4.49. The van der Waals surface area contributed by atoms with Crippen LogP contribution in [0.3, 0.4) is 0 Å². The first-order chi connectivity index (χ1) is 9.90. The van der Waals surface area contributed by atoms with Crippen LogP contribution < -0.4 is 10.1 Å². The molecule has 0 amide bonds. The van der Waals surface area contributed by atoms with Gasteiger partial charge in [-0.2, -0.15) is 0 Å². The van der Waals surface area contributed by atoms with Crippen LogP contribution in [-0.2, 0) is 12.0 Å². The molecular formula is C18H24N2O. The summed E-state index contributed by atoms with van der Waals surface area (Å²) < 4.78 is 5.92. The molecule has 0 saturated carbocycles. The van der Waals surface area contributed by atoms with Crippen molar-refractivity contribution in [2.24, 2.45) is 0 Å². The standard InChI is InChI=1S/C18H24N2O/c1-13-11-14(18(2,3)4)9-10-16(13)21-17-8-6-7-15(20-17)12-19-5/h6-11,19H,12H2,1-5H3. The van der Waals surface area contributed by atoms with Crippen molar-refractivity contribution < 1.29 is 4.74 Å². The first kappa shape index (κ1) is 15.5. The van der Waals surface area contributed by atoms with Crippen molar-refractivity contribution in [3.8, 4) is 11.6 Å². The van der Waals surface area contributed by atoms with Gasteiger partial charge in [0, 0.05) is 12.6 Å². The van der Waals surface area contributed by atoms with E-state index in [-0.39, 0.29) is 5.41 Å². The van der Waals surface area contributed by atoms with Crippen LogP contribution in [0.25, 0.3) is 0 Å². The van der Waals surface area contributed by atoms with Crippen LogP contribution in [0.15, 0.2) is 36.4 Å². The fraction of sp³-hybridized carbons (Fsp3) is 0.389. The fourth-order valence-corrected chi connectivity index (χ4v) is 2.14. The third-order valence-electron chi connectivity index (χ3n) is 3.39. The number of nitrogens with one attached hydrogen (secondary N) is 1. The molecule has 0 aliphatic heterocycles. The third-order valence-corrected chi connectivity index (χ3v) is 3.39. The zero-order chi connectivity index (χ0) is 15.5. The summed E-state index contributed by atoms with van der Waals surface area (Å²) in [5.41, 5.74) is 3.56. The van der Waals surface area contributed by atoms with E-state index >= 15 is 0 Å². The van der Waals surface area contributed by atoms with Gasteiger partial charge in [-0.05, 0) is 42.6 Å². The summed E-state index contributed by atoms with van der Waals surface area (Å²) in [6.45, 7) is 9.45. The largest absolute Gasteiger partial charge is 0.439 e. The smallest absolute Gasteiger partial charge is 0.219 e. The second-order valence-electron chi connectivity index (χ2n) is 6.33. The van der Waals surface area contributed by atoms with E-state index in [1.54, 1.807) is 0 Å². The van der Waals surface area contributed by atoms with Gasteiger partial charge in [0.25, 0.3) is 0 Å². The Labute approximate surface area is 127 Å². The first-order valence-corrected chi connectivity index (χ1v) is 7.29. The Kier molecular flexibility index (Phi) is 4.63. The van der Waals surface area contributed by atoms with Crippen LogP contribution in [0.2, 0.25) is 0 Å². The van der Waals surface area contributed by atoms with Crippen LogP contribution in [0.5, 0.6) is 11.6 Å². The highest BCUT2D eigenvalue weighted by atomic mass is 16.5. The molecule has 112 valence electrons. The van der Waals surface area contributed by atoms with Gasteiger partial charge in [-0.25, -0.2) is 4.98 Å². The maximum atomic E-state index is 5.92. The molecule has 1 heterocycles. The molecule has 2 aromatic rings. The highest BCUT2D eigenvalue weighted by molar-refractivity contribution is 5.40. The molecule has 2 rings (SSSR count). The van der Waals surface area contributed by atoms with Crippen LogP contribution in [0, 0.1) is 6.92 Å². The lowest BCUT2D eigenvalue weighted by molar-refractivity contribution is 0.455. The molecule has 0 aliphatic rings. The van der Waals surface area contributed by atoms with Crippen molar-refractivity contribution in [1.82, 2.24) is 10.3 Å². The van der Waals surface area contributed by atoms with E-state index in [4.69, 9.17) is 4.74 Å². The zero-order valence-corrected chi connectivity index (χ0v) is 13.5. The minimum atomic E-state index is 0.147. The maximum absolute atomic E-state index is 5.92. The average Bonchev–Trinajstić information content (AvgIpc) is 2.41. The quantitative estimate of drug-likeness (QED) is 0.913. The fourth-order valence-electron chi connectivity index (χ4n) is 2.14. The van der Waals surface area contributed by atoms with Crippen LogP contribution >= 0.6 is 0 Å². The van der Waals surface area contributed by atoms with E-state index < -0.39 is 0 Å². The lowest BCUT2D eigenvalue weighted by atomic mass is 9.86. The van der Waals surface area contributed by atoms with Crippen molar-refractivity contribution in [2.45, 2.75) is 39.7 Å². The molecule has 0 saturated heterocycles. The maximum Gasteiger partial charge on any atom is 0.219 e.